The summed E-state index contributed by atoms with van der Waals surface area (Å²) >= 11 is 1.01. The van der Waals surface area contributed by atoms with Gasteiger partial charge in [0.05, 0.1) is 4.88 Å². The maximum atomic E-state index is 12.6. The second-order valence-electron chi connectivity index (χ2n) is 1.95. The van der Waals surface area contributed by atoms with Crippen LogP contribution in [0.1, 0.15) is 10.9 Å². The van der Waals surface area contributed by atoms with Gasteiger partial charge in [0.2, 0.25) is 0 Å². The van der Waals surface area contributed by atoms with Crippen molar-refractivity contribution in [3.8, 4) is 0 Å². The maximum absolute atomic E-state index is 12.6. The Hall–Kier alpha value is -0.940. The Morgan fingerprint density at radius 3 is 2.82 bits per heavy atom. The van der Waals surface area contributed by atoms with E-state index in [1.165, 1.54) is 11.4 Å². The third-order valence-electron chi connectivity index (χ3n) is 1.19. The summed E-state index contributed by atoms with van der Waals surface area (Å²) in [6.45, 7) is 0. The molecule has 0 saturated heterocycles. The fraction of sp³-hybridized carbons (Fsp3) is 0.167. The van der Waals surface area contributed by atoms with Crippen molar-refractivity contribution in [3.63, 3.8) is 0 Å². The van der Waals surface area contributed by atoms with Gasteiger partial charge in [-0.2, -0.15) is 0 Å². The maximum Gasteiger partial charge on any atom is 0.326 e. The molecule has 0 spiro atoms. The van der Waals surface area contributed by atoms with Crippen LogP contribution in [-0.2, 0) is 4.79 Å². The Bertz CT molecular complexity index is 273. The van der Waals surface area contributed by atoms with Gasteiger partial charge in [-0.3, -0.25) is 4.79 Å². The van der Waals surface area contributed by atoms with E-state index in [9.17, 15) is 9.18 Å². The molecule has 1 rings (SSSR count). The first-order valence-corrected chi connectivity index (χ1v) is 3.72. The summed E-state index contributed by atoms with van der Waals surface area (Å²) in [5.41, 5.74) is 5.15. The zero-order valence-electron chi connectivity index (χ0n) is 5.45. The van der Waals surface area contributed by atoms with Crippen LogP contribution in [0.3, 0.4) is 0 Å². The summed E-state index contributed by atoms with van der Waals surface area (Å²) in [4.78, 5) is 10.3. The van der Waals surface area contributed by atoms with Gasteiger partial charge in [-0.25, -0.2) is 4.39 Å². The second kappa shape index (κ2) is 2.98. The SMILES string of the molecule is NC(C(=O)O)c1sccc1F. The number of rotatable bonds is 2. The molecule has 0 aliphatic heterocycles. The van der Waals surface area contributed by atoms with E-state index in [-0.39, 0.29) is 4.88 Å². The molecule has 0 aliphatic rings. The minimum atomic E-state index is -1.24. The van der Waals surface area contributed by atoms with E-state index in [0.29, 0.717) is 0 Å². The quantitative estimate of drug-likeness (QED) is 0.704. The number of carbonyl (C=O) groups is 1. The van der Waals surface area contributed by atoms with Crippen molar-refractivity contribution in [1.82, 2.24) is 0 Å². The highest BCUT2D eigenvalue weighted by molar-refractivity contribution is 7.10. The Morgan fingerprint density at radius 1 is 1.82 bits per heavy atom. The van der Waals surface area contributed by atoms with Gasteiger partial charge < -0.3 is 10.8 Å². The number of hydrogen-bond donors (Lipinski definition) is 2. The molecule has 1 unspecified atom stereocenters. The molecule has 0 aliphatic carbocycles. The molecular formula is C6H6FNO2S. The molecule has 1 atom stereocenters. The molecule has 1 aromatic rings. The minimum Gasteiger partial charge on any atom is -0.480 e. The van der Waals surface area contributed by atoms with Crippen molar-refractivity contribution in [2.45, 2.75) is 6.04 Å². The molecule has 1 aromatic heterocycles. The fourth-order valence-electron chi connectivity index (χ4n) is 0.639. The van der Waals surface area contributed by atoms with E-state index in [4.69, 9.17) is 10.8 Å². The third kappa shape index (κ3) is 1.55. The average Bonchev–Trinajstić information content (AvgIpc) is 2.33. The number of nitrogens with two attached hydrogens (primary N) is 1. The average molecular weight is 175 g/mol. The molecule has 0 saturated carbocycles. The molecule has 60 valence electrons. The topological polar surface area (TPSA) is 63.3 Å². The molecule has 5 heteroatoms. The summed E-state index contributed by atoms with van der Waals surface area (Å²) in [6, 6.07) is -0.0435. The Kier molecular flexibility index (Phi) is 2.21. The van der Waals surface area contributed by atoms with Gasteiger partial charge in [0.1, 0.15) is 11.9 Å². The van der Waals surface area contributed by atoms with E-state index in [1.54, 1.807) is 0 Å². The normalized spacial score (nSPS) is 12.9. The first-order chi connectivity index (χ1) is 5.13. The summed E-state index contributed by atoms with van der Waals surface area (Å²) in [7, 11) is 0. The van der Waals surface area contributed by atoms with Crippen molar-refractivity contribution in [2.75, 3.05) is 0 Å². The standard InChI is InChI=1S/C6H6FNO2S/c7-3-1-2-11-5(3)4(8)6(9)10/h1-2,4H,8H2,(H,9,10). The molecule has 0 bridgehead atoms. The van der Waals surface area contributed by atoms with Crippen LogP contribution in [0.2, 0.25) is 0 Å². The van der Waals surface area contributed by atoms with Crippen molar-refractivity contribution < 1.29 is 14.3 Å². The number of carboxylic acids is 1. The Morgan fingerprint density at radius 2 is 2.45 bits per heavy atom. The number of carboxylic acid groups (broad SMARTS) is 1. The van der Waals surface area contributed by atoms with E-state index < -0.39 is 17.8 Å². The number of hydrogen-bond acceptors (Lipinski definition) is 3. The van der Waals surface area contributed by atoms with Crippen LogP contribution in [0, 0.1) is 5.82 Å². The van der Waals surface area contributed by atoms with Gasteiger partial charge in [-0.15, -0.1) is 11.3 Å². The predicted molar refractivity (Wildman–Crippen MR) is 38.8 cm³/mol. The Labute approximate surface area is 66.3 Å². The van der Waals surface area contributed by atoms with Gasteiger partial charge in [0.15, 0.2) is 0 Å². The number of thiophene rings is 1. The summed E-state index contributed by atoms with van der Waals surface area (Å²) in [5.74, 6) is -1.77. The molecule has 3 N–H and O–H groups in total. The molecular weight excluding hydrogens is 169 g/mol. The van der Waals surface area contributed by atoms with Crippen molar-refractivity contribution in [1.29, 1.82) is 0 Å². The summed E-state index contributed by atoms with van der Waals surface area (Å²) < 4.78 is 12.6. The smallest absolute Gasteiger partial charge is 0.326 e. The van der Waals surface area contributed by atoms with Crippen LogP contribution in [0.4, 0.5) is 4.39 Å². The third-order valence-corrected chi connectivity index (χ3v) is 2.17. The molecule has 11 heavy (non-hydrogen) atoms. The highest BCUT2D eigenvalue weighted by Crippen LogP contribution is 2.21. The largest absolute Gasteiger partial charge is 0.480 e. The fourth-order valence-corrected chi connectivity index (χ4v) is 1.40. The summed E-state index contributed by atoms with van der Waals surface area (Å²) in [6.07, 6.45) is 0. The van der Waals surface area contributed by atoms with Crippen LogP contribution in [-0.4, -0.2) is 11.1 Å². The van der Waals surface area contributed by atoms with E-state index in [0.717, 1.165) is 11.3 Å². The summed E-state index contributed by atoms with van der Waals surface area (Å²) in [5, 5.41) is 9.86. The lowest BCUT2D eigenvalue weighted by Gasteiger charge is -2.01. The van der Waals surface area contributed by atoms with Crippen molar-refractivity contribution in [3.05, 3.63) is 22.1 Å². The first-order valence-electron chi connectivity index (χ1n) is 2.84. The lowest BCUT2D eigenvalue weighted by molar-refractivity contribution is -0.138. The molecule has 3 nitrogen and oxygen atoms in total. The van der Waals surface area contributed by atoms with Crippen LogP contribution in [0.15, 0.2) is 11.4 Å². The van der Waals surface area contributed by atoms with Crippen LogP contribution >= 0.6 is 11.3 Å². The highest BCUT2D eigenvalue weighted by atomic mass is 32.1. The monoisotopic (exact) mass is 175 g/mol. The second-order valence-corrected chi connectivity index (χ2v) is 2.90. The van der Waals surface area contributed by atoms with Crippen LogP contribution in [0.5, 0.6) is 0 Å². The lowest BCUT2D eigenvalue weighted by atomic mass is 10.2. The van der Waals surface area contributed by atoms with E-state index in [2.05, 4.69) is 0 Å². The zero-order chi connectivity index (χ0) is 8.43. The minimum absolute atomic E-state index is 0.0671. The van der Waals surface area contributed by atoms with Gasteiger partial charge >= 0.3 is 5.97 Å². The predicted octanol–water partition coefficient (Wildman–Crippen LogP) is 0.972. The molecule has 0 radical (unpaired) electrons. The van der Waals surface area contributed by atoms with Crippen molar-refractivity contribution in [2.24, 2.45) is 5.73 Å². The van der Waals surface area contributed by atoms with Crippen molar-refractivity contribution >= 4 is 17.3 Å². The lowest BCUT2D eigenvalue weighted by Crippen LogP contribution is -2.20. The zero-order valence-corrected chi connectivity index (χ0v) is 6.27. The number of halogens is 1. The number of aliphatic carboxylic acids is 1. The van der Waals surface area contributed by atoms with Crippen LogP contribution in [0.25, 0.3) is 0 Å². The van der Waals surface area contributed by atoms with E-state index in [1.807, 2.05) is 0 Å². The molecule has 1 heterocycles. The first kappa shape index (κ1) is 8.16. The molecule has 0 fully saturated rings. The van der Waals surface area contributed by atoms with Gasteiger partial charge in [0.25, 0.3) is 0 Å². The highest BCUT2D eigenvalue weighted by Gasteiger charge is 2.19. The van der Waals surface area contributed by atoms with E-state index >= 15 is 0 Å². The molecule has 0 aromatic carbocycles. The van der Waals surface area contributed by atoms with Crippen LogP contribution < -0.4 is 5.73 Å². The Balaban J connectivity index is 2.92. The van der Waals surface area contributed by atoms with Gasteiger partial charge in [0, 0.05) is 0 Å². The van der Waals surface area contributed by atoms with Gasteiger partial charge in [-0.1, -0.05) is 0 Å². The van der Waals surface area contributed by atoms with Gasteiger partial charge in [-0.05, 0) is 11.4 Å². The molecule has 0 amide bonds.